The van der Waals surface area contributed by atoms with E-state index in [9.17, 15) is 4.57 Å². The van der Waals surface area contributed by atoms with Crippen LogP contribution in [0.4, 0.5) is 0 Å². The Balaban J connectivity index is 3.49. The zero-order valence-corrected chi connectivity index (χ0v) is 10.5. The fraction of sp³-hybridized carbons (Fsp3) is 1.00. The molecule has 0 aliphatic rings. The van der Waals surface area contributed by atoms with Gasteiger partial charge in [-0.15, -0.1) is 0 Å². The molecule has 0 rings (SSSR count). The Kier molecular flexibility index (Phi) is 8.20. The highest BCUT2D eigenvalue weighted by Gasteiger charge is 2.16. The third-order valence-corrected chi connectivity index (χ3v) is 5.17. The number of hydrogen-bond donors (Lipinski definition) is 0. The number of rotatable bonds is 8. The minimum absolute atomic E-state index is 0.742. The second-order valence-electron chi connectivity index (χ2n) is 3.65. The third-order valence-electron chi connectivity index (χ3n) is 2.19. The van der Waals surface area contributed by atoms with Gasteiger partial charge in [0.2, 0.25) is 0 Å². The van der Waals surface area contributed by atoms with Crippen molar-refractivity contribution in [1.29, 1.82) is 0 Å². The van der Waals surface area contributed by atoms with Crippen LogP contribution in [-0.4, -0.2) is 12.3 Å². The van der Waals surface area contributed by atoms with Crippen LogP contribution in [0.1, 0.15) is 52.4 Å². The van der Waals surface area contributed by atoms with E-state index in [2.05, 4.69) is 13.8 Å². The molecular weight excluding hydrogens is 203 g/mol. The Labute approximate surface area is 87.4 Å². The normalized spacial score (nSPS) is 11.9. The number of hydrogen-bond acceptors (Lipinski definition) is 1. The molecule has 0 aliphatic carbocycles. The van der Waals surface area contributed by atoms with Crippen LogP contribution in [0.5, 0.6) is 0 Å². The second kappa shape index (κ2) is 7.88. The van der Waals surface area contributed by atoms with E-state index in [1.807, 2.05) is 0 Å². The zero-order valence-electron chi connectivity index (χ0n) is 8.89. The summed E-state index contributed by atoms with van der Waals surface area (Å²) in [5.41, 5.74) is 0. The third kappa shape index (κ3) is 8.84. The average Bonchev–Trinajstić information content (AvgIpc) is 2.05. The molecule has 0 aromatic carbocycles. The molecule has 0 unspecified atom stereocenters. The minimum atomic E-state index is -2.28. The van der Waals surface area contributed by atoms with E-state index in [4.69, 9.17) is 11.2 Å². The van der Waals surface area contributed by atoms with Gasteiger partial charge >= 0.3 is 0 Å². The molecule has 0 N–H and O–H groups in total. The van der Waals surface area contributed by atoms with Gasteiger partial charge < -0.3 is 4.57 Å². The van der Waals surface area contributed by atoms with Crippen molar-refractivity contribution in [3.8, 4) is 0 Å². The molecule has 0 spiro atoms. The van der Waals surface area contributed by atoms with Gasteiger partial charge in [0.05, 0.1) is 0 Å². The Morgan fingerprint density at radius 1 is 0.923 bits per heavy atom. The fourth-order valence-electron chi connectivity index (χ4n) is 1.31. The molecule has 0 saturated heterocycles. The Hall–Kier alpha value is 0.520. The predicted octanol–water partition coefficient (Wildman–Crippen LogP) is 4.88. The van der Waals surface area contributed by atoms with Crippen LogP contribution in [0, 0.1) is 0 Å². The monoisotopic (exact) mass is 224 g/mol. The predicted molar refractivity (Wildman–Crippen MR) is 62.2 cm³/mol. The molecule has 0 saturated carbocycles. The lowest BCUT2D eigenvalue weighted by Crippen LogP contribution is -1.90. The molecule has 80 valence electrons. The summed E-state index contributed by atoms with van der Waals surface area (Å²) < 4.78 is 11.7. The summed E-state index contributed by atoms with van der Waals surface area (Å²) in [4.78, 5) is 0. The summed E-state index contributed by atoms with van der Waals surface area (Å²) in [5.74, 6) is 0. The van der Waals surface area contributed by atoms with Crippen molar-refractivity contribution in [3.05, 3.63) is 0 Å². The van der Waals surface area contributed by atoms with Gasteiger partial charge in [-0.3, -0.25) is 0 Å². The summed E-state index contributed by atoms with van der Waals surface area (Å²) in [7, 11) is 0. The molecule has 0 amide bonds. The highest BCUT2D eigenvalue weighted by atomic mass is 35.7. The molecule has 13 heavy (non-hydrogen) atoms. The largest absolute Gasteiger partial charge is 0.307 e. The maximum atomic E-state index is 11.7. The molecule has 1 nitrogen and oxygen atoms in total. The van der Waals surface area contributed by atoms with Gasteiger partial charge in [-0.1, -0.05) is 50.8 Å². The van der Waals surface area contributed by atoms with E-state index in [0.717, 1.165) is 38.0 Å². The Bertz CT molecular complexity index is 145. The van der Waals surface area contributed by atoms with Crippen LogP contribution >= 0.6 is 17.7 Å². The molecular formula is C10H22ClOP. The molecule has 3 heteroatoms. The molecule has 0 atom stereocenters. The van der Waals surface area contributed by atoms with Gasteiger partial charge in [0.15, 0.2) is 6.49 Å². The summed E-state index contributed by atoms with van der Waals surface area (Å²) in [6.45, 7) is 2.02. The van der Waals surface area contributed by atoms with Gasteiger partial charge in [0, 0.05) is 12.3 Å². The highest BCUT2D eigenvalue weighted by Crippen LogP contribution is 2.52. The Morgan fingerprint density at radius 3 is 1.62 bits per heavy atom. The van der Waals surface area contributed by atoms with Crippen molar-refractivity contribution < 1.29 is 4.57 Å². The summed E-state index contributed by atoms with van der Waals surface area (Å²) in [5, 5.41) is 0. The minimum Gasteiger partial charge on any atom is -0.307 e. The first-order chi connectivity index (χ1) is 6.12. The van der Waals surface area contributed by atoms with Crippen LogP contribution in [0.2, 0.25) is 0 Å². The molecule has 0 bridgehead atoms. The van der Waals surface area contributed by atoms with Gasteiger partial charge in [-0.05, 0) is 12.8 Å². The lowest BCUT2D eigenvalue weighted by Gasteiger charge is -2.09. The van der Waals surface area contributed by atoms with Crippen LogP contribution < -0.4 is 0 Å². The van der Waals surface area contributed by atoms with Crippen LogP contribution in [-0.2, 0) is 4.57 Å². The lowest BCUT2D eigenvalue weighted by molar-refractivity contribution is 0.578. The second-order valence-corrected chi connectivity index (χ2v) is 7.97. The van der Waals surface area contributed by atoms with Crippen molar-refractivity contribution in [2.45, 2.75) is 52.4 Å². The molecule has 0 radical (unpaired) electrons. The molecule has 0 aromatic heterocycles. The van der Waals surface area contributed by atoms with E-state index in [0.29, 0.717) is 0 Å². The van der Waals surface area contributed by atoms with Crippen molar-refractivity contribution in [1.82, 2.24) is 0 Å². The van der Waals surface area contributed by atoms with E-state index in [1.165, 1.54) is 12.8 Å². The summed E-state index contributed by atoms with van der Waals surface area (Å²) >= 11 is 5.96. The topological polar surface area (TPSA) is 17.1 Å². The standard InChI is InChI=1S/C10H22ClOP/c1-3-5-7-9-13(11,12)10-8-6-4-2/h3-10H2,1-2H3. The highest BCUT2D eigenvalue weighted by molar-refractivity contribution is 7.89. The van der Waals surface area contributed by atoms with Gasteiger partial charge in [0.1, 0.15) is 0 Å². The van der Waals surface area contributed by atoms with E-state index in [-0.39, 0.29) is 0 Å². The average molecular weight is 225 g/mol. The number of halogens is 1. The van der Waals surface area contributed by atoms with Crippen LogP contribution in [0.15, 0.2) is 0 Å². The quantitative estimate of drug-likeness (QED) is 0.424. The lowest BCUT2D eigenvalue weighted by atomic mass is 10.3. The fourth-order valence-corrected chi connectivity index (χ4v) is 3.64. The van der Waals surface area contributed by atoms with Crippen LogP contribution in [0.25, 0.3) is 0 Å². The SMILES string of the molecule is CCCCCP(=O)(Cl)CCCCC. The van der Waals surface area contributed by atoms with E-state index >= 15 is 0 Å². The van der Waals surface area contributed by atoms with E-state index < -0.39 is 6.49 Å². The molecule has 0 fully saturated rings. The van der Waals surface area contributed by atoms with E-state index in [1.54, 1.807) is 0 Å². The van der Waals surface area contributed by atoms with Gasteiger partial charge in [0.25, 0.3) is 0 Å². The first-order valence-electron chi connectivity index (χ1n) is 5.40. The number of unbranched alkanes of at least 4 members (excludes halogenated alkanes) is 4. The molecule has 0 aromatic rings. The zero-order chi connectivity index (χ0) is 10.2. The van der Waals surface area contributed by atoms with Gasteiger partial charge in [-0.2, -0.15) is 0 Å². The van der Waals surface area contributed by atoms with Gasteiger partial charge in [-0.25, -0.2) is 0 Å². The van der Waals surface area contributed by atoms with Crippen molar-refractivity contribution in [2.75, 3.05) is 12.3 Å². The first kappa shape index (κ1) is 13.5. The summed E-state index contributed by atoms with van der Waals surface area (Å²) in [6, 6.07) is 0. The molecule has 0 heterocycles. The summed E-state index contributed by atoms with van der Waals surface area (Å²) in [6.07, 6.45) is 8.21. The maximum absolute atomic E-state index is 11.7. The Morgan fingerprint density at radius 2 is 1.31 bits per heavy atom. The van der Waals surface area contributed by atoms with Crippen LogP contribution in [0.3, 0.4) is 0 Å². The van der Waals surface area contributed by atoms with Crippen molar-refractivity contribution in [2.24, 2.45) is 0 Å². The van der Waals surface area contributed by atoms with Crippen molar-refractivity contribution >= 4 is 17.7 Å². The first-order valence-corrected chi connectivity index (χ1v) is 8.38. The molecule has 0 aliphatic heterocycles. The smallest absolute Gasteiger partial charge is 0.169 e. The van der Waals surface area contributed by atoms with Crippen molar-refractivity contribution in [3.63, 3.8) is 0 Å². The maximum Gasteiger partial charge on any atom is 0.169 e.